The minimum atomic E-state index is -1.19. The first-order valence-corrected chi connectivity index (χ1v) is 12.5. The van der Waals surface area contributed by atoms with Gasteiger partial charge >= 0.3 is 0 Å². The molecule has 8 atom stereocenters. The van der Waals surface area contributed by atoms with Gasteiger partial charge in [-0.05, 0) is 62.5 Å². The average Bonchev–Trinajstić information content (AvgIpc) is 3.27. The third-order valence-corrected chi connectivity index (χ3v) is 7.32. The number of aliphatic hydroxyl groups is 1. The highest BCUT2D eigenvalue weighted by molar-refractivity contribution is 5.11. The van der Waals surface area contributed by atoms with Crippen LogP contribution in [0.25, 0.3) is 0 Å². The summed E-state index contributed by atoms with van der Waals surface area (Å²) in [4.78, 5) is 0. The van der Waals surface area contributed by atoms with Gasteiger partial charge in [-0.25, -0.2) is 0 Å². The van der Waals surface area contributed by atoms with Gasteiger partial charge in [0.05, 0.1) is 37.1 Å². The zero-order valence-electron chi connectivity index (χ0n) is 20.5. The van der Waals surface area contributed by atoms with Crippen LogP contribution in [0, 0.1) is 5.92 Å². The largest absolute Gasteiger partial charge is 0.382 e. The number of hydrogen-bond donors (Lipinski definition) is 1. The molecule has 3 aliphatic rings. The highest BCUT2D eigenvalue weighted by Crippen LogP contribution is 2.38. The van der Waals surface area contributed by atoms with Crippen LogP contribution >= 0.6 is 0 Å². The maximum Gasteiger partial charge on any atom is 0.168 e. The van der Waals surface area contributed by atoms with Crippen LogP contribution in [-0.4, -0.2) is 67.8 Å². The number of ether oxygens (including phenoxy) is 5. The van der Waals surface area contributed by atoms with E-state index in [0.717, 1.165) is 44.1 Å². The molecule has 3 unspecified atom stereocenters. The van der Waals surface area contributed by atoms with Crippen molar-refractivity contribution in [2.24, 2.45) is 5.92 Å². The van der Waals surface area contributed by atoms with E-state index in [4.69, 9.17) is 23.7 Å². The summed E-state index contributed by atoms with van der Waals surface area (Å²) in [7, 11) is 1.64. The van der Waals surface area contributed by atoms with E-state index in [1.807, 2.05) is 6.92 Å². The molecule has 0 aliphatic carbocycles. The van der Waals surface area contributed by atoms with Crippen molar-refractivity contribution in [1.29, 1.82) is 0 Å². The molecule has 1 N–H and O–H groups in total. The fourth-order valence-electron chi connectivity index (χ4n) is 5.45. The standard InChI is InChI=1S/C26H44O6/c1-7-22-19(5)17(3)13-20(30-22)9-10-23-18(4)14-21(31-23)11-12-26(27)15-24(29-8-2)25(32-26)16-28-6/h17,20-25,27H,4-5,7-16H2,1-3,6H3/t17-,20+,21?,22?,23+,24-,25?,26-/m1/s1. The van der Waals surface area contributed by atoms with Gasteiger partial charge in [0.2, 0.25) is 0 Å². The fourth-order valence-corrected chi connectivity index (χ4v) is 5.45. The van der Waals surface area contributed by atoms with E-state index >= 15 is 0 Å². The van der Waals surface area contributed by atoms with Gasteiger partial charge in [0.15, 0.2) is 5.79 Å². The van der Waals surface area contributed by atoms with Gasteiger partial charge in [-0.3, -0.25) is 0 Å². The molecule has 3 saturated heterocycles. The quantitative estimate of drug-likeness (QED) is 0.464. The molecule has 32 heavy (non-hydrogen) atoms. The Bertz CT molecular complexity index is 620. The van der Waals surface area contributed by atoms with E-state index in [1.54, 1.807) is 7.11 Å². The molecule has 184 valence electrons. The minimum absolute atomic E-state index is 0.0701. The summed E-state index contributed by atoms with van der Waals surface area (Å²) in [5.41, 5.74) is 2.39. The summed E-state index contributed by atoms with van der Waals surface area (Å²) in [6.45, 7) is 15.9. The number of rotatable bonds is 11. The lowest BCUT2D eigenvalue weighted by molar-refractivity contribution is -0.207. The second-order valence-electron chi connectivity index (χ2n) is 9.85. The van der Waals surface area contributed by atoms with Crippen molar-refractivity contribution in [2.45, 2.75) is 115 Å². The highest BCUT2D eigenvalue weighted by atomic mass is 16.7. The fraction of sp³-hybridized carbons (Fsp3) is 0.846. The third-order valence-electron chi connectivity index (χ3n) is 7.32. The predicted molar refractivity (Wildman–Crippen MR) is 124 cm³/mol. The normalized spacial score (nSPS) is 40.3. The summed E-state index contributed by atoms with van der Waals surface area (Å²) >= 11 is 0. The Morgan fingerprint density at radius 1 is 1.09 bits per heavy atom. The van der Waals surface area contributed by atoms with Crippen molar-refractivity contribution in [1.82, 2.24) is 0 Å². The van der Waals surface area contributed by atoms with Crippen molar-refractivity contribution >= 4 is 0 Å². The molecule has 0 aromatic carbocycles. The summed E-state index contributed by atoms with van der Waals surface area (Å²) in [5, 5.41) is 11.0. The Kier molecular flexibility index (Phi) is 9.36. The molecule has 0 saturated carbocycles. The summed E-state index contributed by atoms with van der Waals surface area (Å²) < 4.78 is 29.5. The Hall–Kier alpha value is -0.760. The molecule has 3 rings (SSSR count). The summed E-state index contributed by atoms with van der Waals surface area (Å²) in [6.07, 6.45) is 6.69. The lowest BCUT2D eigenvalue weighted by atomic mass is 9.86. The van der Waals surface area contributed by atoms with Gasteiger partial charge in [0.1, 0.15) is 6.10 Å². The van der Waals surface area contributed by atoms with E-state index in [9.17, 15) is 5.11 Å². The average molecular weight is 453 g/mol. The van der Waals surface area contributed by atoms with Crippen molar-refractivity contribution in [3.8, 4) is 0 Å². The van der Waals surface area contributed by atoms with Crippen molar-refractivity contribution in [3.05, 3.63) is 24.3 Å². The molecule has 0 bridgehead atoms. The van der Waals surface area contributed by atoms with E-state index in [1.165, 1.54) is 5.57 Å². The Labute approximate surface area is 194 Å². The van der Waals surface area contributed by atoms with Crippen molar-refractivity contribution < 1.29 is 28.8 Å². The van der Waals surface area contributed by atoms with Gasteiger partial charge < -0.3 is 28.8 Å². The minimum Gasteiger partial charge on any atom is -0.382 e. The van der Waals surface area contributed by atoms with Gasteiger partial charge in [-0.1, -0.05) is 27.0 Å². The third kappa shape index (κ3) is 6.43. The second-order valence-corrected chi connectivity index (χ2v) is 9.85. The van der Waals surface area contributed by atoms with Crippen LogP contribution in [0.4, 0.5) is 0 Å². The van der Waals surface area contributed by atoms with Crippen LogP contribution in [-0.2, 0) is 23.7 Å². The highest BCUT2D eigenvalue weighted by Gasteiger charge is 2.46. The molecule has 0 amide bonds. The molecule has 3 fully saturated rings. The van der Waals surface area contributed by atoms with Crippen molar-refractivity contribution in [3.63, 3.8) is 0 Å². The van der Waals surface area contributed by atoms with Gasteiger partial charge in [-0.2, -0.15) is 0 Å². The molecule has 6 nitrogen and oxygen atoms in total. The molecule has 0 aromatic rings. The van der Waals surface area contributed by atoms with E-state index < -0.39 is 5.79 Å². The lowest BCUT2D eigenvalue weighted by Crippen LogP contribution is -2.34. The Morgan fingerprint density at radius 3 is 2.53 bits per heavy atom. The smallest absolute Gasteiger partial charge is 0.168 e. The maximum atomic E-state index is 11.0. The molecule has 3 heterocycles. The number of methoxy groups -OCH3 is 1. The lowest BCUT2D eigenvalue weighted by Gasteiger charge is -2.36. The zero-order valence-corrected chi connectivity index (χ0v) is 20.5. The molecule has 3 aliphatic heterocycles. The zero-order chi connectivity index (χ0) is 23.3. The second kappa shape index (κ2) is 11.6. The Morgan fingerprint density at radius 2 is 1.84 bits per heavy atom. The summed E-state index contributed by atoms with van der Waals surface area (Å²) in [5.74, 6) is -0.677. The van der Waals surface area contributed by atoms with Gasteiger partial charge in [0.25, 0.3) is 0 Å². The first-order chi connectivity index (χ1) is 15.3. The van der Waals surface area contributed by atoms with Crippen LogP contribution in [0.1, 0.15) is 72.1 Å². The molecule has 0 aromatic heterocycles. The number of hydrogen-bond acceptors (Lipinski definition) is 6. The first-order valence-electron chi connectivity index (χ1n) is 12.5. The molecular formula is C26H44O6. The first kappa shape index (κ1) is 25.9. The predicted octanol–water partition coefficient (Wildman–Crippen LogP) is 4.55. The van der Waals surface area contributed by atoms with Crippen LogP contribution in [0.5, 0.6) is 0 Å². The SMILES string of the molecule is C=C1C(CC)O[C@@H](CC[C@@H]2OC(CC[C@]3(O)C[C@@H](OCC)C(COC)O3)CC2=C)C[C@H]1C. The van der Waals surface area contributed by atoms with Gasteiger partial charge in [0, 0.05) is 26.6 Å². The monoisotopic (exact) mass is 452 g/mol. The Balaban J connectivity index is 1.44. The maximum absolute atomic E-state index is 11.0. The summed E-state index contributed by atoms with van der Waals surface area (Å²) in [6, 6.07) is 0. The van der Waals surface area contributed by atoms with E-state index in [0.29, 0.717) is 32.0 Å². The van der Waals surface area contributed by atoms with Crippen LogP contribution in [0.15, 0.2) is 24.3 Å². The molecule has 0 radical (unpaired) electrons. The van der Waals surface area contributed by atoms with E-state index in [-0.39, 0.29) is 36.6 Å². The van der Waals surface area contributed by atoms with E-state index in [2.05, 4.69) is 27.0 Å². The van der Waals surface area contributed by atoms with Crippen LogP contribution < -0.4 is 0 Å². The van der Waals surface area contributed by atoms with Gasteiger partial charge in [-0.15, -0.1) is 0 Å². The van der Waals surface area contributed by atoms with Crippen molar-refractivity contribution in [2.75, 3.05) is 20.3 Å². The molecular weight excluding hydrogens is 408 g/mol. The van der Waals surface area contributed by atoms with Crippen LogP contribution in [0.3, 0.4) is 0 Å². The topological polar surface area (TPSA) is 66.4 Å². The van der Waals surface area contributed by atoms with Crippen LogP contribution in [0.2, 0.25) is 0 Å². The molecule has 0 spiro atoms. The molecule has 6 heteroatoms.